The number of rotatable bonds is 4. The summed E-state index contributed by atoms with van der Waals surface area (Å²) in [4.78, 5) is 23.5. The fourth-order valence-electron chi connectivity index (χ4n) is 1.23. The van der Waals surface area contributed by atoms with Crippen molar-refractivity contribution in [2.75, 3.05) is 13.6 Å². The van der Waals surface area contributed by atoms with Crippen molar-refractivity contribution >= 4 is 34.5 Å². The van der Waals surface area contributed by atoms with Gasteiger partial charge in [0.2, 0.25) is 0 Å². The molecule has 1 aromatic carbocycles. The zero-order valence-corrected chi connectivity index (χ0v) is 11.3. The van der Waals surface area contributed by atoms with Gasteiger partial charge in [-0.3, -0.25) is 9.59 Å². The number of phenols is 1. The SMILES string of the molecule is CN(CCC(=O)O)C(=O)c1ccc(I)c(O)c1. The maximum absolute atomic E-state index is 11.8. The van der Waals surface area contributed by atoms with Crippen molar-refractivity contribution < 1.29 is 19.8 Å². The Morgan fingerprint density at radius 1 is 1.41 bits per heavy atom. The number of carbonyl (C=O) groups is 2. The van der Waals surface area contributed by atoms with E-state index in [1.54, 1.807) is 12.1 Å². The second-order valence-corrected chi connectivity index (χ2v) is 4.70. The van der Waals surface area contributed by atoms with Crippen LogP contribution in [0.2, 0.25) is 0 Å². The third-order valence-electron chi connectivity index (χ3n) is 2.20. The highest BCUT2D eigenvalue weighted by molar-refractivity contribution is 14.1. The number of nitrogens with zero attached hydrogens (tertiary/aromatic N) is 1. The molecule has 17 heavy (non-hydrogen) atoms. The van der Waals surface area contributed by atoms with Crippen molar-refractivity contribution in [3.05, 3.63) is 27.3 Å². The molecular formula is C11H12INO4. The summed E-state index contributed by atoms with van der Waals surface area (Å²) in [5, 5.41) is 18.0. The quantitative estimate of drug-likeness (QED) is 0.809. The molecule has 0 aliphatic heterocycles. The molecule has 0 radical (unpaired) electrons. The largest absolute Gasteiger partial charge is 0.507 e. The lowest BCUT2D eigenvalue weighted by molar-refractivity contribution is -0.137. The van der Waals surface area contributed by atoms with E-state index in [1.807, 2.05) is 22.6 Å². The molecule has 0 fully saturated rings. The Balaban J connectivity index is 2.74. The first-order chi connectivity index (χ1) is 7.91. The van der Waals surface area contributed by atoms with Crippen LogP contribution in [-0.4, -0.2) is 40.6 Å². The summed E-state index contributed by atoms with van der Waals surface area (Å²) in [6.07, 6.45) is -0.0986. The van der Waals surface area contributed by atoms with Crippen LogP contribution < -0.4 is 0 Å². The maximum atomic E-state index is 11.8. The molecule has 5 nitrogen and oxygen atoms in total. The predicted molar refractivity (Wildman–Crippen MR) is 70.0 cm³/mol. The summed E-state index contributed by atoms with van der Waals surface area (Å²) in [6.45, 7) is 0.140. The molecule has 0 bridgehead atoms. The smallest absolute Gasteiger partial charge is 0.305 e. The third kappa shape index (κ3) is 3.88. The highest BCUT2D eigenvalue weighted by Gasteiger charge is 2.13. The molecule has 1 rings (SSSR count). The summed E-state index contributed by atoms with van der Waals surface area (Å²) >= 11 is 1.95. The molecule has 0 heterocycles. The second kappa shape index (κ2) is 5.85. The van der Waals surface area contributed by atoms with E-state index in [4.69, 9.17) is 5.11 Å². The van der Waals surface area contributed by atoms with Gasteiger partial charge in [0.15, 0.2) is 0 Å². The summed E-state index contributed by atoms with van der Waals surface area (Å²) in [6, 6.07) is 4.61. The number of carbonyl (C=O) groups excluding carboxylic acids is 1. The van der Waals surface area contributed by atoms with E-state index in [1.165, 1.54) is 18.0 Å². The molecule has 0 unspecified atom stereocenters. The van der Waals surface area contributed by atoms with Gasteiger partial charge < -0.3 is 15.1 Å². The number of hydrogen-bond acceptors (Lipinski definition) is 3. The van der Waals surface area contributed by atoms with Crippen LogP contribution in [0.15, 0.2) is 18.2 Å². The number of benzene rings is 1. The molecule has 2 N–H and O–H groups in total. The van der Waals surface area contributed by atoms with Crippen molar-refractivity contribution in [3.63, 3.8) is 0 Å². The molecule has 0 spiro atoms. The van der Waals surface area contributed by atoms with Crippen molar-refractivity contribution in [2.45, 2.75) is 6.42 Å². The monoisotopic (exact) mass is 349 g/mol. The van der Waals surface area contributed by atoms with Gasteiger partial charge in [0.1, 0.15) is 5.75 Å². The lowest BCUT2D eigenvalue weighted by atomic mass is 10.2. The van der Waals surface area contributed by atoms with Gasteiger partial charge in [0.05, 0.1) is 9.99 Å². The molecule has 0 aliphatic rings. The van der Waals surface area contributed by atoms with Crippen LogP contribution >= 0.6 is 22.6 Å². The number of carboxylic acid groups (broad SMARTS) is 1. The van der Waals surface area contributed by atoms with Crippen molar-refractivity contribution in [1.82, 2.24) is 4.90 Å². The molecule has 0 aliphatic carbocycles. The van der Waals surface area contributed by atoms with Crippen LogP contribution in [0.5, 0.6) is 5.75 Å². The Labute approximate surface area is 112 Å². The van der Waals surface area contributed by atoms with Crippen molar-refractivity contribution in [2.24, 2.45) is 0 Å². The minimum Gasteiger partial charge on any atom is -0.507 e. The van der Waals surface area contributed by atoms with Crippen LogP contribution in [0.4, 0.5) is 0 Å². The first-order valence-electron chi connectivity index (χ1n) is 4.87. The first kappa shape index (κ1) is 13.8. The van der Waals surface area contributed by atoms with Gasteiger partial charge in [0.25, 0.3) is 5.91 Å². The molecule has 0 aromatic heterocycles. The standard InChI is InChI=1S/C11H12INO4/c1-13(5-4-10(15)16)11(17)7-2-3-8(12)9(14)6-7/h2-3,6,14H,4-5H2,1H3,(H,15,16). The molecular weight excluding hydrogens is 337 g/mol. The number of aliphatic carboxylic acids is 1. The van der Waals surface area contributed by atoms with E-state index < -0.39 is 5.97 Å². The number of phenolic OH excluding ortho intramolecular Hbond substituents is 1. The summed E-state index contributed by atoms with van der Waals surface area (Å²) < 4.78 is 0.660. The highest BCUT2D eigenvalue weighted by Crippen LogP contribution is 2.21. The van der Waals surface area contributed by atoms with E-state index >= 15 is 0 Å². The van der Waals surface area contributed by atoms with E-state index in [0.29, 0.717) is 9.13 Å². The van der Waals surface area contributed by atoms with Gasteiger partial charge >= 0.3 is 5.97 Å². The van der Waals surface area contributed by atoms with Gasteiger partial charge in [-0.15, -0.1) is 0 Å². The lowest BCUT2D eigenvalue weighted by Crippen LogP contribution is -2.29. The van der Waals surface area contributed by atoms with Gasteiger partial charge in [0, 0.05) is 19.2 Å². The summed E-state index contributed by atoms with van der Waals surface area (Å²) in [5.41, 5.74) is 0.343. The zero-order valence-electron chi connectivity index (χ0n) is 9.18. The van der Waals surface area contributed by atoms with Crippen LogP contribution in [-0.2, 0) is 4.79 Å². The normalized spacial score (nSPS) is 10.0. The van der Waals surface area contributed by atoms with E-state index in [9.17, 15) is 14.7 Å². The highest BCUT2D eigenvalue weighted by atomic mass is 127. The minimum atomic E-state index is -0.949. The fourth-order valence-corrected chi connectivity index (χ4v) is 1.57. The Kier molecular flexibility index (Phi) is 4.73. The second-order valence-electron chi connectivity index (χ2n) is 3.54. The maximum Gasteiger partial charge on any atom is 0.305 e. The summed E-state index contributed by atoms with van der Waals surface area (Å²) in [5.74, 6) is -1.21. The Morgan fingerprint density at radius 3 is 2.59 bits per heavy atom. The van der Waals surface area contributed by atoms with Crippen molar-refractivity contribution in [3.8, 4) is 5.75 Å². The van der Waals surface area contributed by atoms with Crippen LogP contribution in [0, 0.1) is 3.57 Å². The van der Waals surface area contributed by atoms with Crippen LogP contribution in [0.3, 0.4) is 0 Å². The minimum absolute atomic E-state index is 0.0445. The average molecular weight is 349 g/mol. The molecule has 1 aromatic rings. The zero-order chi connectivity index (χ0) is 13.0. The van der Waals surface area contributed by atoms with Crippen LogP contribution in [0.25, 0.3) is 0 Å². The predicted octanol–water partition coefficient (Wildman–Crippen LogP) is 1.54. The molecule has 0 saturated carbocycles. The molecule has 0 saturated heterocycles. The van der Waals surface area contributed by atoms with Crippen LogP contribution in [0.1, 0.15) is 16.8 Å². The number of halogens is 1. The van der Waals surface area contributed by atoms with Gasteiger partial charge in [-0.25, -0.2) is 0 Å². The van der Waals surface area contributed by atoms with Gasteiger partial charge in [-0.05, 0) is 40.8 Å². The molecule has 1 amide bonds. The molecule has 92 valence electrons. The Bertz CT molecular complexity index is 447. The topological polar surface area (TPSA) is 77.8 Å². The third-order valence-corrected chi connectivity index (χ3v) is 3.11. The lowest BCUT2D eigenvalue weighted by Gasteiger charge is -2.16. The molecule has 0 atom stereocenters. The van der Waals surface area contributed by atoms with Crippen molar-refractivity contribution in [1.29, 1.82) is 0 Å². The van der Waals surface area contributed by atoms with Gasteiger partial charge in [-0.1, -0.05) is 0 Å². The number of hydrogen-bond donors (Lipinski definition) is 2. The van der Waals surface area contributed by atoms with E-state index in [2.05, 4.69) is 0 Å². The number of aromatic hydroxyl groups is 1. The number of amides is 1. The molecule has 6 heteroatoms. The Morgan fingerprint density at radius 2 is 2.06 bits per heavy atom. The fraction of sp³-hybridized carbons (Fsp3) is 0.273. The van der Waals surface area contributed by atoms with E-state index in [0.717, 1.165) is 0 Å². The van der Waals surface area contributed by atoms with E-state index in [-0.39, 0.29) is 24.6 Å². The number of carboxylic acids is 1. The summed E-state index contributed by atoms with van der Waals surface area (Å²) in [7, 11) is 1.53. The average Bonchev–Trinajstić information content (AvgIpc) is 2.28. The Hall–Kier alpha value is -1.31. The van der Waals surface area contributed by atoms with Gasteiger partial charge in [-0.2, -0.15) is 0 Å². The first-order valence-corrected chi connectivity index (χ1v) is 5.95.